The smallest absolute Gasteiger partial charge is 0.241 e. The van der Waals surface area contributed by atoms with E-state index in [0.29, 0.717) is 13.2 Å². The lowest BCUT2D eigenvalue weighted by atomic mass is 9.75. The monoisotopic (exact) mass is 420 g/mol. The molecule has 2 heterocycles. The maximum Gasteiger partial charge on any atom is 0.241 e. The number of nitrogens with zero attached hydrogens (tertiary/aromatic N) is 1. The number of hydrogen-bond acceptors (Lipinski definition) is 4. The van der Waals surface area contributed by atoms with Gasteiger partial charge in [-0.3, -0.25) is 4.79 Å². The maximum absolute atomic E-state index is 12.4. The number of unbranched alkanes of at least 4 members (excludes halogenated alkanes) is 2. The van der Waals surface area contributed by atoms with Crippen molar-refractivity contribution in [3.63, 3.8) is 0 Å². The molecule has 1 amide bonds. The van der Waals surface area contributed by atoms with Gasteiger partial charge in [-0.1, -0.05) is 64.0 Å². The van der Waals surface area contributed by atoms with Gasteiger partial charge in [0.05, 0.1) is 20.3 Å². The van der Waals surface area contributed by atoms with Crippen molar-refractivity contribution in [2.75, 3.05) is 25.2 Å². The molecule has 0 aromatic heterocycles. The third kappa shape index (κ3) is 3.56. The van der Waals surface area contributed by atoms with E-state index in [0.717, 1.165) is 35.6 Å². The summed E-state index contributed by atoms with van der Waals surface area (Å²) in [6.45, 7) is 7.61. The van der Waals surface area contributed by atoms with Crippen molar-refractivity contribution < 1.29 is 14.3 Å². The average Bonchev–Trinajstić information content (AvgIpc) is 3.20. The number of carbonyl (C=O) groups excluding carboxylic acids is 1. The molecule has 4 rings (SSSR count). The van der Waals surface area contributed by atoms with Gasteiger partial charge in [-0.05, 0) is 41.8 Å². The first-order valence-corrected chi connectivity index (χ1v) is 11.1. The summed E-state index contributed by atoms with van der Waals surface area (Å²) in [7, 11) is 1.66. The van der Waals surface area contributed by atoms with Crippen molar-refractivity contribution in [3.05, 3.63) is 59.7 Å². The molecule has 2 aliphatic rings. The minimum Gasteiger partial charge on any atom is -0.493 e. The number of carbonyl (C=O) groups is 1. The van der Waals surface area contributed by atoms with Gasteiger partial charge in [-0.25, -0.2) is 0 Å². The Morgan fingerprint density at radius 3 is 2.71 bits per heavy atom. The molecule has 2 aromatic carbocycles. The first-order chi connectivity index (χ1) is 14.9. The molecular weight excluding hydrogens is 388 g/mol. The summed E-state index contributed by atoms with van der Waals surface area (Å²) in [4.78, 5) is 14.6. The quantitative estimate of drug-likeness (QED) is 0.617. The highest BCUT2D eigenvalue weighted by Gasteiger charge is 2.59. The van der Waals surface area contributed by atoms with Gasteiger partial charge in [0.1, 0.15) is 5.66 Å². The van der Waals surface area contributed by atoms with Crippen molar-refractivity contribution in [2.45, 2.75) is 51.1 Å². The molecule has 5 heteroatoms. The molecular formula is C26H32N2O3. The first-order valence-electron chi connectivity index (χ1n) is 11.1. The van der Waals surface area contributed by atoms with Gasteiger partial charge in [0.15, 0.2) is 11.5 Å². The Labute approximate surface area is 185 Å². The second kappa shape index (κ2) is 8.29. The van der Waals surface area contributed by atoms with E-state index < -0.39 is 5.66 Å². The molecule has 0 spiro atoms. The van der Waals surface area contributed by atoms with E-state index in [1.54, 1.807) is 7.11 Å². The Kier molecular flexibility index (Phi) is 5.69. The summed E-state index contributed by atoms with van der Waals surface area (Å²) in [5.41, 5.74) is 2.48. The Bertz CT molecular complexity index is 998. The van der Waals surface area contributed by atoms with Crippen molar-refractivity contribution in [1.29, 1.82) is 0 Å². The predicted octanol–water partition coefficient (Wildman–Crippen LogP) is 4.90. The fourth-order valence-electron chi connectivity index (χ4n) is 4.80. The van der Waals surface area contributed by atoms with Gasteiger partial charge in [-0.2, -0.15) is 0 Å². The van der Waals surface area contributed by atoms with Gasteiger partial charge in [0, 0.05) is 11.1 Å². The molecule has 5 nitrogen and oxygen atoms in total. The molecule has 1 N–H and O–H groups in total. The summed E-state index contributed by atoms with van der Waals surface area (Å²) in [5.74, 6) is 1.52. The zero-order valence-electron chi connectivity index (χ0n) is 18.9. The number of rotatable bonds is 8. The molecule has 0 saturated carbocycles. The van der Waals surface area contributed by atoms with Gasteiger partial charge >= 0.3 is 0 Å². The zero-order valence-corrected chi connectivity index (χ0v) is 18.9. The van der Waals surface area contributed by atoms with Crippen LogP contribution >= 0.6 is 0 Å². The van der Waals surface area contributed by atoms with Crippen LogP contribution in [-0.4, -0.2) is 31.8 Å². The minimum absolute atomic E-state index is 0.0423. The zero-order chi connectivity index (χ0) is 22.1. The Morgan fingerprint density at radius 1 is 1.13 bits per heavy atom. The van der Waals surface area contributed by atoms with Crippen molar-refractivity contribution in [3.8, 4) is 11.5 Å². The number of para-hydroxylation sites is 1. The lowest BCUT2D eigenvalue weighted by Crippen LogP contribution is -2.58. The predicted molar refractivity (Wildman–Crippen MR) is 125 cm³/mol. The molecule has 1 unspecified atom stereocenters. The molecule has 31 heavy (non-hydrogen) atoms. The maximum atomic E-state index is 12.4. The number of hydrogen-bond donors (Lipinski definition) is 1. The van der Waals surface area contributed by atoms with Crippen LogP contribution in [0, 0.1) is 0 Å². The highest BCUT2D eigenvalue weighted by molar-refractivity contribution is 5.91. The van der Waals surface area contributed by atoms with Crippen molar-refractivity contribution in [2.24, 2.45) is 0 Å². The molecule has 164 valence electrons. The first kappa shape index (κ1) is 21.3. The lowest BCUT2D eigenvalue weighted by Gasteiger charge is -2.40. The molecule has 1 fully saturated rings. The summed E-state index contributed by atoms with van der Waals surface area (Å²) < 4.78 is 11.5. The molecule has 1 saturated heterocycles. The summed E-state index contributed by atoms with van der Waals surface area (Å²) >= 11 is 0. The van der Waals surface area contributed by atoms with Crippen molar-refractivity contribution >= 4 is 17.7 Å². The molecule has 2 aromatic rings. The van der Waals surface area contributed by atoms with E-state index in [9.17, 15) is 4.79 Å². The third-order valence-corrected chi connectivity index (χ3v) is 6.59. The van der Waals surface area contributed by atoms with Gasteiger partial charge in [0.25, 0.3) is 0 Å². The summed E-state index contributed by atoms with van der Waals surface area (Å²) in [6, 6.07) is 14.3. The van der Waals surface area contributed by atoms with Crippen molar-refractivity contribution in [1.82, 2.24) is 5.32 Å². The number of fused-ring (bicyclic) bond motifs is 3. The summed E-state index contributed by atoms with van der Waals surface area (Å²) in [5, 5.41) is 3.26. The molecule has 0 radical (unpaired) electrons. The molecule has 2 aliphatic heterocycles. The van der Waals surface area contributed by atoms with E-state index in [1.165, 1.54) is 12.0 Å². The topological polar surface area (TPSA) is 50.8 Å². The highest BCUT2D eigenvalue weighted by Crippen LogP contribution is 2.52. The van der Waals surface area contributed by atoms with Crippen LogP contribution in [0.5, 0.6) is 11.5 Å². The highest BCUT2D eigenvalue weighted by atomic mass is 16.5. The minimum atomic E-state index is -0.601. The number of methoxy groups -OCH3 is 1. The van der Waals surface area contributed by atoms with E-state index in [4.69, 9.17) is 9.47 Å². The fourth-order valence-corrected chi connectivity index (χ4v) is 4.80. The van der Waals surface area contributed by atoms with E-state index >= 15 is 0 Å². The van der Waals surface area contributed by atoms with Crippen LogP contribution in [0.15, 0.2) is 48.5 Å². The van der Waals surface area contributed by atoms with Crippen LogP contribution in [0.4, 0.5) is 5.69 Å². The van der Waals surface area contributed by atoms with Gasteiger partial charge in [-0.15, -0.1) is 0 Å². The Hall–Kier alpha value is -2.95. The normalized spacial score (nSPS) is 21.2. The van der Waals surface area contributed by atoms with Crippen LogP contribution < -0.4 is 19.7 Å². The van der Waals surface area contributed by atoms with Crippen LogP contribution in [0.1, 0.15) is 51.2 Å². The number of ether oxygens (including phenoxy) is 2. The SMILES string of the molecule is CCCCCOc1ccc(/C=C/C23NC(=O)CN2c2ccccc2C3(C)C)cc1OC. The van der Waals surface area contributed by atoms with Crippen LogP contribution in [0.3, 0.4) is 0 Å². The largest absolute Gasteiger partial charge is 0.493 e. The van der Waals surface area contributed by atoms with E-state index in [1.807, 2.05) is 24.3 Å². The van der Waals surface area contributed by atoms with Crippen LogP contribution in [0.25, 0.3) is 6.08 Å². The molecule has 0 bridgehead atoms. The number of amides is 1. The van der Waals surface area contributed by atoms with E-state index in [-0.39, 0.29) is 11.3 Å². The lowest BCUT2D eigenvalue weighted by molar-refractivity contribution is -0.118. The number of benzene rings is 2. The third-order valence-electron chi connectivity index (χ3n) is 6.59. The standard InChI is InChI=1S/C26H32N2O3/c1-5-6-9-16-31-22-13-12-19(17-23(22)30-4)14-15-26-25(2,3)20-10-7-8-11-21(20)28(26)18-24(29)27-26/h7-8,10-15,17H,5-6,9,16,18H2,1-4H3,(H,27,29)/b15-14+. The van der Waals surface area contributed by atoms with E-state index in [2.05, 4.69) is 61.3 Å². The second-order valence-corrected chi connectivity index (χ2v) is 8.84. The Balaban J connectivity index is 1.62. The molecule has 0 aliphatic carbocycles. The van der Waals surface area contributed by atoms with Gasteiger partial charge < -0.3 is 19.7 Å². The van der Waals surface area contributed by atoms with Gasteiger partial charge in [0.2, 0.25) is 5.91 Å². The second-order valence-electron chi connectivity index (χ2n) is 8.84. The van der Waals surface area contributed by atoms with Crippen LogP contribution in [-0.2, 0) is 10.2 Å². The average molecular weight is 421 g/mol. The Morgan fingerprint density at radius 2 is 1.94 bits per heavy atom. The number of anilines is 1. The summed E-state index contributed by atoms with van der Waals surface area (Å²) in [6.07, 6.45) is 7.55. The molecule has 1 atom stereocenters. The number of nitrogens with one attached hydrogen (secondary N) is 1. The fraction of sp³-hybridized carbons (Fsp3) is 0.423. The van der Waals surface area contributed by atoms with Crippen LogP contribution in [0.2, 0.25) is 0 Å².